The van der Waals surface area contributed by atoms with Crippen LogP contribution in [0.25, 0.3) is 0 Å². The smallest absolute Gasteiger partial charge is 0.335 e. The molecule has 2 bridgehead atoms. The van der Waals surface area contributed by atoms with Gasteiger partial charge in [0.05, 0.1) is 5.57 Å². The molecule has 1 N–H and O–H groups in total. The zero-order chi connectivity index (χ0) is 12.7. The van der Waals surface area contributed by atoms with E-state index < -0.39 is 12.0 Å². The maximum Gasteiger partial charge on any atom is 0.335 e. The van der Waals surface area contributed by atoms with Gasteiger partial charge in [0, 0.05) is 16.8 Å². The number of carboxylic acid groups (broad SMARTS) is 1. The lowest BCUT2D eigenvalue weighted by Crippen LogP contribution is -2.56. The van der Waals surface area contributed by atoms with Gasteiger partial charge in [-0.1, -0.05) is 32.1 Å². The first-order valence-electron chi connectivity index (χ1n) is 5.70. The third-order valence-electron chi connectivity index (χ3n) is 4.04. The summed E-state index contributed by atoms with van der Waals surface area (Å²) in [5.74, 6) is -1.01. The van der Waals surface area contributed by atoms with Crippen LogP contribution in [0.5, 0.6) is 0 Å². The number of carbonyl (C=O) groups is 1. The van der Waals surface area contributed by atoms with Gasteiger partial charge in [-0.3, -0.25) is 10.1 Å². The summed E-state index contributed by atoms with van der Waals surface area (Å²) in [7, 11) is 0. The Bertz CT molecular complexity index is 426. The van der Waals surface area contributed by atoms with Crippen LogP contribution in [0, 0.1) is 33.8 Å². The Balaban J connectivity index is 2.34. The summed E-state index contributed by atoms with van der Waals surface area (Å²) in [4.78, 5) is 21.7. The van der Waals surface area contributed by atoms with E-state index in [0.29, 0.717) is 0 Å². The van der Waals surface area contributed by atoms with E-state index in [2.05, 4.69) is 0 Å². The molecule has 3 aliphatic rings. The molecule has 1 fully saturated rings. The summed E-state index contributed by atoms with van der Waals surface area (Å²) < 4.78 is 0. The van der Waals surface area contributed by atoms with Gasteiger partial charge >= 0.3 is 5.97 Å². The van der Waals surface area contributed by atoms with Crippen LogP contribution in [0.4, 0.5) is 0 Å². The van der Waals surface area contributed by atoms with Crippen LogP contribution in [0.3, 0.4) is 0 Å². The van der Waals surface area contributed by atoms with Crippen molar-refractivity contribution in [1.29, 1.82) is 0 Å². The van der Waals surface area contributed by atoms with Crippen molar-refractivity contribution in [2.24, 2.45) is 23.7 Å². The zero-order valence-electron chi connectivity index (χ0n) is 9.74. The number of aliphatic carboxylic acids is 1. The highest BCUT2D eigenvalue weighted by Gasteiger charge is 2.56. The molecule has 0 aromatic rings. The van der Waals surface area contributed by atoms with Gasteiger partial charge in [-0.25, -0.2) is 4.79 Å². The molecule has 92 valence electrons. The molecule has 0 heterocycles. The molecule has 0 radical (unpaired) electrons. The van der Waals surface area contributed by atoms with E-state index in [1.54, 1.807) is 12.2 Å². The van der Waals surface area contributed by atoms with Gasteiger partial charge in [0.15, 0.2) is 0 Å². The quantitative estimate of drug-likeness (QED) is 0.585. The topological polar surface area (TPSA) is 80.4 Å². The maximum absolute atomic E-state index is 11.0. The molecule has 0 aliphatic heterocycles. The largest absolute Gasteiger partial charge is 0.478 e. The normalized spacial score (nSPS) is 44.6. The third kappa shape index (κ3) is 1.75. The molecule has 3 rings (SSSR count). The van der Waals surface area contributed by atoms with Crippen LogP contribution in [-0.4, -0.2) is 22.0 Å². The Morgan fingerprint density at radius 1 is 1.47 bits per heavy atom. The van der Waals surface area contributed by atoms with Crippen LogP contribution in [0.2, 0.25) is 0 Å². The molecule has 0 spiro atoms. The van der Waals surface area contributed by atoms with Crippen LogP contribution >= 0.6 is 0 Å². The van der Waals surface area contributed by atoms with E-state index in [-0.39, 0.29) is 34.2 Å². The van der Waals surface area contributed by atoms with Crippen molar-refractivity contribution >= 4 is 5.97 Å². The highest BCUT2D eigenvalue weighted by molar-refractivity contribution is 5.89. The molecule has 0 saturated heterocycles. The number of nitro groups is 1. The van der Waals surface area contributed by atoms with Crippen LogP contribution in [0.1, 0.15) is 13.8 Å². The Morgan fingerprint density at radius 2 is 2.12 bits per heavy atom. The van der Waals surface area contributed by atoms with Gasteiger partial charge in [0.2, 0.25) is 6.04 Å². The number of allylic oxidation sites excluding steroid dienone is 1. The Morgan fingerprint density at radius 3 is 2.65 bits per heavy atom. The molecule has 5 heteroatoms. The number of hydrogen-bond acceptors (Lipinski definition) is 3. The van der Waals surface area contributed by atoms with Gasteiger partial charge in [-0.15, -0.1) is 0 Å². The maximum atomic E-state index is 11.0. The summed E-state index contributed by atoms with van der Waals surface area (Å²) in [6, 6.07) is -0.567. The molecule has 5 atom stereocenters. The van der Waals surface area contributed by atoms with Gasteiger partial charge in [-0.2, -0.15) is 0 Å². The van der Waals surface area contributed by atoms with E-state index in [0.717, 1.165) is 0 Å². The minimum atomic E-state index is -0.972. The average Bonchev–Trinajstić information content (AvgIpc) is 2.19. The summed E-state index contributed by atoms with van der Waals surface area (Å²) in [6.07, 6.45) is 4.82. The van der Waals surface area contributed by atoms with E-state index in [1.165, 1.54) is 6.08 Å². The molecular weight excluding hydrogens is 222 g/mol. The van der Waals surface area contributed by atoms with Crippen LogP contribution in [-0.2, 0) is 4.79 Å². The number of hydrogen-bond donors (Lipinski definition) is 1. The summed E-state index contributed by atoms with van der Waals surface area (Å²) in [5.41, 5.74) is 0.237. The molecule has 5 unspecified atom stereocenters. The molecule has 1 saturated carbocycles. The predicted molar refractivity (Wildman–Crippen MR) is 60.9 cm³/mol. The fraction of sp³-hybridized carbons (Fsp3) is 0.583. The van der Waals surface area contributed by atoms with E-state index in [9.17, 15) is 14.9 Å². The Hall–Kier alpha value is -1.65. The van der Waals surface area contributed by atoms with Crippen molar-refractivity contribution in [2.45, 2.75) is 19.9 Å². The number of rotatable bonds is 2. The van der Waals surface area contributed by atoms with Gasteiger partial charge in [-0.05, 0) is 11.8 Å². The summed E-state index contributed by atoms with van der Waals surface area (Å²) in [6.45, 7) is 3.85. The highest BCUT2D eigenvalue weighted by atomic mass is 16.6. The predicted octanol–water partition coefficient (Wildman–Crippen LogP) is 1.73. The van der Waals surface area contributed by atoms with Crippen molar-refractivity contribution in [3.63, 3.8) is 0 Å². The second-order valence-electron chi connectivity index (χ2n) is 4.94. The summed E-state index contributed by atoms with van der Waals surface area (Å²) >= 11 is 0. The summed E-state index contributed by atoms with van der Waals surface area (Å²) in [5, 5.41) is 20.0. The first-order valence-corrected chi connectivity index (χ1v) is 5.70. The lowest BCUT2D eigenvalue weighted by atomic mass is 9.56. The van der Waals surface area contributed by atoms with E-state index in [1.807, 2.05) is 13.8 Å². The average molecular weight is 237 g/mol. The fourth-order valence-corrected chi connectivity index (χ4v) is 3.16. The minimum Gasteiger partial charge on any atom is -0.478 e. The molecule has 5 nitrogen and oxygen atoms in total. The zero-order valence-corrected chi connectivity index (χ0v) is 9.74. The second kappa shape index (κ2) is 3.98. The van der Waals surface area contributed by atoms with E-state index in [4.69, 9.17) is 5.11 Å². The standard InChI is InChI=1S/C12H15NO4/c1-6-5-8(12(14)15)3-4-9-7(2)10(6)11(9)13(16)17/h3-7,9-11H,1-2H3,(H,14,15)/b4-3-,8-5+. The van der Waals surface area contributed by atoms with Crippen molar-refractivity contribution in [3.8, 4) is 0 Å². The monoisotopic (exact) mass is 237 g/mol. The molecule has 0 amide bonds. The van der Waals surface area contributed by atoms with E-state index >= 15 is 0 Å². The van der Waals surface area contributed by atoms with Crippen molar-refractivity contribution < 1.29 is 14.8 Å². The lowest BCUT2D eigenvalue weighted by Gasteiger charge is -2.46. The van der Waals surface area contributed by atoms with Crippen LogP contribution < -0.4 is 0 Å². The number of fused-ring (bicyclic) bond motifs is 2. The SMILES string of the molecule is CC1/C=C(C(=O)O)\C=C/C2C(C)C1C2[N+](=O)[O-]. The lowest BCUT2D eigenvalue weighted by molar-refractivity contribution is -0.565. The van der Waals surface area contributed by atoms with Gasteiger partial charge < -0.3 is 5.11 Å². The molecule has 0 aromatic heterocycles. The molecule has 3 aliphatic carbocycles. The minimum absolute atomic E-state index is 0.0608. The first-order chi connectivity index (χ1) is 7.93. The third-order valence-corrected chi connectivity index (χ3v) is 4.04. The first kappa shape index (κ1) is 11.8. The van der Waals surface area contributed by atoms with Crippen molar-refractivity contribution in [1.82, 2.24) is 0 Å². The Kier molecular flexibility index (Phi) is 2.77. The van der Waals surface area contributed by atoms with Crippen LogP contribution in [0.15, 0.2) is 23.8 Å². The Labute approximate surface area is 99.0 Å². The van der Waals surface area contributed by atoms with Gasteiger partial charge in [0.1, 0.15) is 0 Å². The highest BCUT2D eigenvalue weighted by Crippen LogP contribution is 2.48. The van der Waals surface area contributed by atoms with Crippen molar-refractivity contribution in [2.75, 3.05) is 0 Å². The number of carboxylic acids is 1. The molecule has 17 heavy (non-hydrogen) atoms. The molecule has 0 aromatic carbocycles. The van der Waals surface area contributed by atoms with Gasteiger partial charge in [0.25, 0.3) is 0 Å². The molecular formula is C12H15NO4. The van der Waals surface area contributed by atoms with Crippen molar-refractivity contribution in [3.05, 3.63) is 33.9 Å². The fourth-order valence-electron chi connectivity index (χ4n) is 3.16. The second-order valence-corrected chi connectivity index (χ2v) is 4.94. The number of nitrogens with zero attached hydrogens (tertiary/aromatic N) is 1.